The fourth-order valence-corrected chi connectivity index (χ4v) is 3.97. The van der Waals surface area contributed by atoms with Crippen molar-refractivity contribution in [3.8, 4) is 0 Å². The van der Waals surface area contributed by atoms with Crippen LogP contribution < -0.4 is 5.73 Å². The summed E-state index contributed by atoms with van der Waals surface area (Å²) < 4.78 is 1.04. The van der Waals surface area contributed by atoms with Gasteiger partial charge < -0.3 is 10.9 Å². The Bertz CT molecular complexity index is 645. The van der Waals surface area contributed by atoms with Gasteiger partial charge in [0.05, 0.1) is 0 Å². The maximum Gasteiger partial charge on any atom is 0.172 e. The fourth-order valence-electron chi connectivity index (χ4n) is 1.80. The van der Waals surface area contributed by atoms with Crippen molar-refractivity contribution in [3.05, 3.63) is 52.5 Å². The van der Waals surface area contributed by atoms with E-state index in [-0.39, 0.29) is 5.84 Å². The molecule has 3 nitrogen and oxygen atoms in total. The standard InChI is InChI=1S/C15H15BrN2OS2/c1-2-20-12-4-3-5-13(14(12)15(17)18-19)21-11-8-6-10(16)7-9-11/h3-9,19H,2H2,1H3,(H2,17,18). The minimum atomic E-state index is 0.145. The molecule has 2 aromatic rings. The summed E-state index contributed by atoms with van der Waals surface area (Å²) in [5.74, 6) is 1.07. The van der Waals surface area contributed by atoms with Crippen molar-refractivity contribution in [2.75, 3.05) is 5.75 Å². The van der Waals surface area contributed by atoms with Crippen molar-refractivity contribution in [1.29, 1.82) is 0 Å². The maximum atomic E-state index is 9.05. The highest BCUT2D eigenvalue weighted by atomic mass is 79.9. The molecule has 21 heavy (non-hydrogen) atoms. The monoisotopic (exact) mass is 382 g/mol. The van der Waals surface area contributed by atoms with E-state index in [1.807, 2.05) is 42.5 Å². The SMILES string of the molecule is CCSc1cccc(Sc2ccc(Br)cc2)c1/C(N)=N/O. The molecule has 0 spiro atoms. The molecule has 3 N–H and O–H groups in total. The molecule has 0 aliphatic heterocycles. The number of nitrogens with zero attached hydrogens (tertiary/aromatic N) is 1. The Morgan fingerprint density at radius 1 is 1.19 bits per heavy atom. The number of rotatable bonds is 5. The molecule has 0 fully saturated rings. The number of amidine groups is 1. The van der Waals surface area contributed by atoms with Crippen LogP contribution in [0.25, 0.3) is 0 Å². The molecule has 0 heterocycles. The molecule has 0 saturated heterocycles. The molecule has 0 amide bonds. The topological polar surface area (TPSA) is 58.6 Å². The van der Waals surface area contributed by atoms with E-state index < -0.39 is 0 Å². The molecule has 0 bridgehead atoms. The lowest BCUT2D eigenvalue weighted by Crippen LogP contribution is -2.15. The highest BCUT2D eigenvalue weighted by molar-refractivity contribution is 9.10. The van der Waals surface area contributed by atoms with Crippen molar-refractivity contribution in [2.45, 2.75) is 21.6 Å². The van der Waals surface area contributed by atoms with Gasteiger partial charge in [-0.3, -0.25) is 0 Å². The number of oxime groups is 1. The first-order valence-corrected chi connectivity index (χ1v) is 8.92. The van der Waals surface area contributed by atoms with Gasteiger partial charge in [-0.2, -0.15) is 0 Å². The summed E-state index contributed by atoms with van der Waals surface area (Å²) in [6.07, 6.45) is 0. The van der Waals surface area contributed by atoms with Gasteiger partial charge in [0.1, 0.15) is 0 Å². The van der Waals surface area contributed by atoms with E-state index in [4.69, 9.17) is 10.9 Å². The molecule has 0 radical (unpaired) electrons. The number of benzene rings is 2. The van der Waals surface area contributed by atoms with Crippen LogP contribution in [-0.2, 0) is 0 Å². The zero-order chi connectivity index (χ0) is 15.2. The van der Waals surface area contributed by atoms with E-state index in [0.29, 0.717) is 0 Å². The second kappa shape index (κ2) is 7.77. The normalized spacial score (nSPS) is 11.6. The van der Waals surface area contributed by atoms with Gasteiger partial charge in [0, 0.05) is 24.7 Å². The van der Waals surface area contributed by atoms with Crippen molar-refractivity contribution < 1.29 is 5.21 Å². The Balaban J connectivity index is 2.42. The van der Waals surface area contributed by atoms with Gasteiger partial charge in [-0.1, -0.05) is 45.8 Å². The van der Waals surface area contributed by atoms with Crippen LogP contribution in [0.4, 0.5) is 0 Å². The second-order valence-electron chi connectivity index (χ2n) is 4.10. The van der Waals surface area contributed by atoms with E-state index in [1.165, 1.54) is 0 Å². The highest BCUT2D eigenvalue weighted by Gasteiger charge is 2.14. The highest BCUT2D eigenvalue weighted by Crippen LogP contribution is 2.35. The first kappa shape index (κ1) is 16.3. The second-order valence-corrected chi connectivity index (χ2v) is 7.44. The molecule has 2 rings (SSSR count). The van der Waals surface area contributed by atoms with Gasteiger partial charge in [-0.15, -0.1) is 11.8 Å². The van der Waals surface area contributed by atoms with Gasteiger partial charge >= 0.3 is 0 Å². The first-order valence-electron chi connectivity index (χ1n) is 6.32. The lowest BCUT2D eigenvalue weighted by molar-refractivity contribution is 0.318. The third-order valence-corrected chi connectivity index (χ3v) is 5.23. The summed E-state index contributed by atoms with van der Waals surface area (Å²) in [5.41, 5.74) is 6.66. The molecule has 0 aliphatic carbocycles. The zero-order valence-corrected chi connectivity index (χ0v) is 14.6. The summed E-state index contributed by atoms with van der Waals surface area (Å²) in [6.45, 7) is 2.08. The van der Waals surface area contributed by atoms with Crippen molar-refractivity contribution in [1.82, 2.24) is 0 Å². The minimum Gasteiger partial charge on any atom is -0.409 e. The zero-order valence-electron chi connectivity index (χ0n) is 11.4. The van der Waals surface area contributed by atoms with Gasteiger partial charge in [-0.05, 0) is 42.2 Å². The largest absolute Gasteiger partial charge is 0.409 e. The molecule has 0 saturated carbocycles. The molecule has 2 aromatic carbocycles. The van der Waals surface area contributed by atoms with Crippen LogP contribution in [0.2, 0.25) is 0 Å². The third-order valence-electron chi connectivity index (χ3n) is 2.69. The Kier molecular flexibility index (Phi) is 6.02. The van der Waals surface area contributed by atoms with Gasteiger partial charge in [0.2, 0.25) is 0 Å². The van der Waals surface area contributed by atoms with E-state index in [0.717, 1.165) is 30.5 Å². The van der Waals surface area contributed by atoms with Crippen molar-refractivity contribution >= 4 is 45.3 Å². The Hall–Kier alpha value is -1.11. The quantitative estimate of drug-likeness (QED) is 0.256. The van der Waals surface area contributed by atoms with Crippen LogP contribution in [0.15, 0.2) is 66.8 Å². The van der Waals surface area contributed by atoms with Gasteiger partial charge in [0.15, 0.2) is 5.84 Å². The van der Waals surface area contributed by atoms with E-state index in [9.17, 15) is 0 Å². The lowest BCUT2D eigenvalue weighted by Gasteiger charge is -2.12. The van der Waals surface area contributed by atoms with Crippen LogP contribution in [0, 0.1) is 0 Å². The van der Waals surface area contributed by atoms with Crippen LogP contribution in [0.3, 0.4) is 0 Å². The summed E-state index contributed by atoms with van der Waals surface area (Å²) in [7, 11) is 0. The Labute approximate surface area is 141 Å². The van der Waals surface area contributed by atoms with Crippen molar-refractivity contribution in [3.63, 3.8) is 0 Å². The lowest BCUT2D eigenvalue weighted by atomic mass is 10.2. The molecule has 0 atom stereocenters. The molecule has 0 aliphatic rings. The molecule has 0 aromatic heterocycles. The number of nitrogens with two attached hydrogens (primary N) is 1. The predicted molar refractivity (Wildman–Crippen MR) is 93.6 cm³/mol. The fraction of sp³-hybridized carbons (Fsp3) is 0.133. The number of hydrogen-bond acceptors (Lipinski definition) is 4. The van der Waals surface area contributed by atoms with E-state index in [2.05, 4.69) is 28.0 Å². The Morgan fingerprint density at radius 2 is 1.86 bits per heavy atom. The molecular formula is C15H15BrN2OS2. The third kappa shape index (κ3) is 4.18. The molecule has 110 valence electrons. The first-order chi connectivity index (χ1) is 10.2. The van der Waals surface area contributed by atoms with Crippen molar-refractivity contribution in [2.24, 2.45) is 10.9 Å². The maximum absolute atomic E-state index is 9.05. The molecule has 0 unspecified atom stereocenters. The number of halogens is 1. The summed E-state index contributed by atoms with van der Waals surface area (Å²) in [4.78, 5) is 3.10. The number of hydrogen-bond donors (Lipinski definition) is 2. The molecule has 6 heteroatoms. The minimum absolute atomic E-state index is 0.145. The summed E-state index contributed by atoms with van der Waals surface area (Å²) in [6, 6.07) is 14.0. The van der Waals surface area contributed by atoms with Crippen LogP contribution in [0.5, 0.6) is 0 Å². The average molecular weight is 383 g/mol. The molecular weight excluding hydrogens is 368 g/mol. The van der Waals surface area contributed by atoms with Crippen LogP contribution in [0.1, 0.15) is 12.5 Å². The van der Waals surface area contributed by atoms with Crippen LogP contribution in [-0.4, -0.2) is 16.8 Å². The summed E-state index contributed by atoms with van der Waals surface area (Å²) in [5, 5.41) is 12.2. The van der Waals surface area contributed by atoms with Gasteiger partial charge in [0.25, 0.3) is 0 Å². The average Bonchev–Trinajstić information content (AvgIpc) is 2.49. The predicted octanol–water partition coefficient (Wildman–Crippen LogP) is 4.81. The summed E-state index contributed by atoms with van der Waals surface area (Å²) >= 11 is 6.71. The van der Waals surface area contributed by atoms with E-state index in [1.54, 1.807) is 23.5 Å². The smallest absolute Gasteiger partial charge is 0.172 e. The number of thioether (sulfide) groups is 1. The van der Waals surface area contributed by atoms with Crippen LogP contribution >= 0.6 is 39.5 Å². The Morgan fingerprint density at radius 3 is 2.48 bits per heavy atom. The van der Waals surface area contributed by atoms with E-state index >= 15 is 0 Å². The van der Waals surface area contributed by atoms with Gasteiger partial charge in [-0.25, -0.2) is 0 Å².